The molecule has 0 aliphatic rings. The summed E-state index contributed by atoms with van der Waals surface area (Å²) in [5.74, 6) is 1.19. The number of pyridine rings is 1. The monoisotopic (exact) mass is 277 g/mol. The molecule has 4 nitrogen and oxygen atoms in total. The molecule has 112 valence electrons. The summed E-state index contributed by atoms with van der Waals surface area (Å²) in [6.45, 7) is 7.87. The quantitative estimate of drug-likeness (QED) is 0.727. The molecule has 2 N–H and O–H groups in total. The molecule has 0 aromatic carbocycles. The predicted octanol–water partition coefficient (Wildman–Crippen LogP) is 3.46. The van der Waals surface area contributed by atoms with Gasteiger partial charge in [0, 0.05) is 19.3 Å². The Balaban J connectivity index is 2.57. The number of amides is 1. The van der Waals surface area contributed by atoms with Gasteiger partial charge < -0.3 is 10.6 Å². The number of rotatable bonds is 9. The Morgan fingerprint density at radius 1 is 1.35 bits per heavy atom. The SMILES string of the molecule is CCCCC(CC)CNC(=O)c1cccnc1NCC. The van der Waals surface area contributed by atoms with Crippen molar-refractivity contribution < 1.29 is 4.79 Å². The highest BCUT2D eigenvalue weighted by Crippen LogP contribution is 2.13. The van der Waals surface area contributed by atoms with Crippen LogP contribution in [0.4, 0.5) is 5.82 Å². The number of carbonyl (C=O) groups excluding carboxylic acids is 1. The van der Waals surface area contributed by atoms with Gasteiger partial charge in [0.05, 0.1) is 5.56 Å². The zero-order valence-electron chi connectivity index (χ0n) is 12.9. The number of nitrogens with one attached hydrogen (secondary N) is 2. The van der Waals surface area contributed by atoms with Crippen LogP contribution in [-0.4, -0.2) is 24.0 Å². The fraction of sp³-hybridized carbons (Fsp3) is 0.625. The van der Waals surface area contributed by atoms with E-state index in [4.69, 9.17) is 0 Å². The second-order valence-electron chi connectivity index (χ2n) is 5.06. The number of carbonyl (C=O) groups is 1. The molecule has 0 saturated heterocycles. The molecule has 1 atom stereocenters. The summed E-state index contributed by atoms with van der Waals surface area (Å²) in [5, 5.41) is 6.16. The third-order valence-electron chi connectivity index (χ3n) is 3.49. The van der Waals surface area contributed by atoms with E-state index in [1.54, 1.807) is 12.3 Å². The molecule has 0 aliphatic heterocycles. The van der Waals surface area contributed by atoms with Gasteiger partial charge in [0.1, 0.15) is 5.82 Å². The predicted molar refractivity (Wildman–Crippen MR) is 84.0 cm³/mol. The summed E-state index contributed by atoms with van der Waals surface area (Å²) < 4.78 is 0. The van der Waals surface area contributed by atoms with Gasteiger partial charge in [0.15, 0.2) is 0 Å². The molecule has 0 aliphatic carbocycles. The first kappa shape index (κ1) is 16.5. The van der Waals surface area contributed by atoms with Gasteiger partial charge >= 0.3 is 0 Å². The Labute approximate surface area is 122 Å². The van der Waals surface area contributed by atoms with Crippen LogP contribution >= 0.6 is 0 Å². The van der Waals surface area contributed by atoms with Gasteiger partial charge in [-0.2, -0.15) is 0 Å². The van der Waals surface area contributed by atoms with Gasteiger partial charge in [-0.25, -0.2) is 4.98 Å². The molecule has 1 aromatic rings. The lowest BCUT2D eigenvalue weighted by atomic mass is 9.99. The van der Waals surface area contributed by atoms with Crippen molar-refractivity contribution in [3.63, 3.8) is 0 Å². The second kappa shape index (κ2) is 9.34. The molecule has 1 heterocycles. The maximum absolute atomic E-state index is 12.2. The van der Waals surface area contributed by atoms with Gasteiger partial charge in [-0.1, -0.05) is 33.1 Å². The van der Waals surface area contributed by atoms with Gasteiger partial charge in [0.25, 0.3) is 5.91 Å². The van der Waals surface area contributed by atoms with Crippen molar-refractivity contribution in [3.8, 4) is 0 Å². The van der Waals surface area contributed by atoms with E-state index in [2.05, 4.69) is 29.5 Å². The van der Waals surface area contributed by atoms with Crippen LogP contribution in [0.5, 0.6) is 0 Å². The molecule has 0 fully saturated rings. The van der Waals surface area contributed by atoms with Crippen LogP contribution in [0.2, 0.25) is 0 Å². The molecule has 4 heteroatoms. The molecular formula is C16H27N3O. The van der Waals surface area contributed by atoms with Crippen LogP contribution in [0.1, 0.15) is 56.8 Å². The first-order valence-electron chi connectivity index (χ1n) is 7.69. The Morgan fingerprint density at radius 2 is 2.15 bits per heavy atom. The van der Waals surface area contributed by atoms with E-state index < -0.39 is 0 Å². The van der Waals surface area contributed by atoms with Crippen LogP contribution in [0.25, 0.3) is 0 Å². The van der Waals surface area contributed by atoms with Gasteiger partial charge in [-0.15, -0.1) is 0 Å². The number of anilines is 1. The third-order valence-corrected chi connectivity index (χ3v) is 3.49. The second-order valence-corrected chi connectivity index (χ2v) is 5.06. The zero-order chi connectivity index (χ0) is 14.8. The smallest absolute Gasteiger partial charge is 0.255 e. The fourth-order valence-corrected chi connectivity index (χ4v) is 2.17. The standard InChI is InChI=1S/C16H27N3O/c1-4-7-9-13(5-2)12-19-16(20)14-10-8-11-18-15(14)17-6-3/h8,10-11,13H,4-7,9,12H2,1-3H3,(H,17,18)(H,19,20). The van der Waals surface area contributed by atoms with Crippen molar-refractivity contribution in [1.29, 1.82) is 0 Å². The van der Waals surface area contributed by atoms with Crippen LogP contribution < -0.4 is 10.6 Å². The van der Waals surface area contributed by atoms with Crippen molar-refractivity contribution in [2.24, 2.45) is 5.92 Å². The van der Waals surface area contributed by atoms with E-state index in [1.807, 2.05) is 13.0 Å². The maximum Gasteiger partial charge on any atom is 0.255 e. The molecule has 0 radical (unpaired) electrons. The minimum atomic E-state index is -0.0380. The molecule has 1 amide bonds. The average molecular weight is 277 g/mol. The molecular weight excluding hydrogens is 250 g/mol. The molecule has 20 heavy (non-hydrogen) atoms. The summed E-state index contributed by atoms with van der Waals surface area (Å²) in [6, 6.07) is 3.61. The van der Waals surface area contributed by atoms with Crippen LogP contribution in [-0.2, 0) is 0 Å². The summed E-state index contributed by atoms with van der Waals surface area (Å²) in [5.41, 5.74) is 0.625. The Hall–Kier alpha value is -1.58. The molecule has 0 bridgehead atoms. The van der Waals surface area contributed by atoms with Crippen molar-refractivity contribution in [3.05, 3.63) is 23.9 Å². The van der Waals surface area contributed by atoms with Crippen molar-refractivity contribution in [2.75, 3.05) is 18.4 Å². The summed E-state index contributed by atoms with van der Waals surface area (Å²) in [4.78, 5) is 16.5. The van der Waals surface area contributed by atoms with E-state index >= 15 is 0 Å². The van der Waals surface area contributed by atoms with Crippen molar-refractivity contribution >= 4 is 11.7 Å². The van der Waals surface area contributed by atoms with Crippen LogP contribution in [0.15, 0.2) is 18.3 Å². The molecule has 1 unspecified atom stereocenters. The number of aromatic nitrogens is 1. The van der Waals surface area contributed by atoms with Crippen LogP contribution in [0.3, 0.4) is 0 Å². The fourth-order valence-electron chi connectivity index (χ4n) is 2.17. The molecule has 1 rings (SSSR count). The minimum Gasteiger partial charge on any atom is -0.370 e. The van der Waals surface area contributed by atoms with E-state index in [9.17, 15) is 4.79 Å². The number of nitrogens with zero attached hydrogens (tertiary/aromatic N) is 1. The highest BCUT2D eigenvalue weighted by molar-refractivity contribution is 5.98. The topological polar surface area (TPSA) is 54.0 Å². The van der Waals surface area contributed by atoms with E-state index in [1.165, 1.54) is 19.3 Å². The molecule has 0 spiro atoms. The molecule has 0 saturated carbocycles. The van der Waals surface area contributed by atoms with Gasteiger partial charge in [0.2, 0.25) is 0 Å². The van der Waals surface area contributed by atoms with Crippen molar-refractivity contribution in [2.45, 2.75) is 46.5 Å². The third kappa shape index (κ3) is 5.19. The Kier molecular flexibility index (Phi) is 7.70. The lowest BCUT2D eigenvalue weighted by Crippen LogP contribution is -2.30. The maximum atomic E-state index is 12.2. The van der Waals surface area contributed by atoms with Gasteiger partial charge in [-0.05, 0) is 31.4 Å². The lowest BCUT2D eigenvalue weighted by molar-refractivity contribution is 0.0946. The first-order chi connectivity index (χ1) is 9.72. The van der Waals surface area contributed by atoms with E-state index in [0.29, 0.717) is 17.3 Å². The largest absolute Gasteiger partial charge is 0.370 e. The summed E-state index contributed by atoms with van der Waals surface area (Å²) in [6.07, 6.45) is 6.42. The number of hydrogen-bond acceptors (Lipinski definition) is 3. The number of hydrogen-bond donors (Lipinski definition) is 2. The van der Waals surface area contributed by atoms with Gasteiger partial charge in [-0.3, -0.25) is 4.79 Å². The summed E-state index contributed by atoms with van der Waals surface area (Å²) >= 11 is 0. The van der Waals surface area contributed by atoms with Crippen LogP contribution in [0, 0.1) is 5.92 Å². The van der Waals surface area contributed by atoms with E-state index in [0.717, 1.165) is 19.5 Å². The normalized spacial score (nSPS) is 11.9. The Bertz CT molecular complexity index is 406. The molecule has 1 aromatic heterocycles. The highest BCUT2D eigenvalue weighted by Gasteiger charge is 2.13. The first-order valence-corrected chi connectivity index (χ1v) is 7.69. The summed E-state index contributed by atoms with van der Waals surface area (Å²) in [7, 11) is 0. The van der Waals surface area contributed by atoms with Crippen molar-refractivity contribution in [1.82, 2.24) is 10.3 Å². The zero-order valence-corrected chi connectivity index (χ0v) is 12.9. The Morgan fingerprint density at radius 3 is 2.80 bits per heavy atom. The lowest BCUT2D eigenvalue weighted by Gasteiger charge is -2.16. The highest BCUT2D eigenvalue weighted by atomic mass is 16.1. The van der Waals surface area contributed by atoms with E-state index in [-0.39, 0.29) is 5.91 Å². The number of unbranched alkanes of at least 4 members (excludes halogenated alkanes) is 1. The minimum absolute atomic E-state index is 0.0380. The average Bonchev–Trinajstić information content (AvgIpc) is 2.48.